The van der Waals surface area contributed by atoms with Crippen molar-refractivity contribution in [1.82, 2.24) is 39.0 Å². The summed E-state index contributed by atoms with van der Waals surface area (Å²) in [5, 5.41) is 35.2. The third-order valence-electron chi connectivity index (χ3n) is 7.23. The molecule has 22 nitrogen and oxygen atoms in total. The molecule has 2 aliphatic rings. The molecule has 0 saturated carbocycles. The number of aromatic nitrogens is 8. The van der Waals surface area contributed by atoms with Crippen LogP contribution in [0.5, 0.6) is 0 Å². The Morgan fingerprint density at radius 3 is 2.49 bits per heavy atom. The molecule has 228 valence electrons. The molecule has 2 aliphatic heterocycles. The summed E-state index contributed by atoms with van der Waals surface area (Å²) >= 11 is 0. The molecule has 4 aromatic heterocycles. The number of anilines is 2. The van der Waals surface area contributed by atoms with Crippen molar-refractivity contribution in [3.05, 3.63) is 39.8 Å². The van der Waals surface area contributed by atoms with Crippen LogP contribution in [0.4, 0.5) is 11.8 Å². The Hall–Kier alpha value is -4.24. The highest BCUT2D eigenvalue weighted by molar-refractivity contribution is 7.53. The molecule has 0 aromatic carbocycles. The van der Waals surface area contributed by atoms with Crippen LogP contribution in [-0.4, -0.2) is 109 Å². The normalized spacial score (nSPS) is 30.5. The number of aliphatic hydroxyl groups is 3. The van der Waals surface area contributed by atoms with Gasteiger partial charge < -0.3 is 45.7 Å². The zero-order chi connectivity index (χ0) is 30.6. The predicted molar refractivity (Wildman–Crippen MR) is 142 cm³/mol. The maximum atomic E-state index is 13.7. The number of hydrogen-bond acceptors (Lipinski definition) is 16. The van der Waals surface area contributed by atoms with E-state index in [2.05, 4.69) is 39.9 Å². The van der Waals surface area contributed by atoms with Gasteiger partial charge in [0.05, 0.1) is 38.0 Å². The summed E-state index contributed by atoms with van der Waals surface area (Å²) in [7, 11) is -4.92. The van der Waals surface area contributed by atoms with Crippen LogP contribution in [0.1, 0.15) is 12.5 Å². The Kier molecular flexibility index (Phi) is 7.24. The van der Waals surface area contributed by atoms with Crippen molar-refractivity contribution in [3.63, 3.8) is 0 Å². The number of aromatic amines is 1. The first-order chi connectivity index (χ1) is 20.6. The molecule has 0 aliphatic carbocycles. The number of fused-ring (bicyclic) bond motifs is 2. The van der Waals surface area contributed by atoms with E-state index in [0.717, 1.165) is 10.9 Å². The minimum Gasteiger partial charge on any atom is -0.394 e. The number of nitrogens with one attached hydrogen (secondary N) is 1. The molecule has 9 N–H and O–H groups in total. The van der Waals surface area contributed by atoms with Gasteiger partial charge in [0.2, 0.25) is 5.95 Å². The molecule has 43 heavy (non-hydrogen) atoms. The van der Waals surface area contributed by atoms with Crippen LogP contribution in [0, 0.1) is 0 Å². The van der Waals surface area contributed by atoms with Crippen LogP contribution in [0.25, 0.3) is 32.8 Å². The van der Waals surface area contributed by atoms with Crippen molar-refractivity contribution in [2.45, 2.75) is 48.6 Å². The fourth-order valence-corrected chi connectivity index (χ4v) is 6.86. The monoisotopic (exact) mass is 621 g/mol. The Morgan fingerprint density at radius 2 is 1.77 bits per heavy atom. The molecule has 2 unspecified atom stereocenters. The number of nitrogens with two attached hydrogens (primary N) is 2. The van der Waals surface area contributed by atoms with Crippen molar-refractivity contribution in [2.75, 3.05) is 24.7 Å². The fourth-order valence-electron chi connectivity index (χ4n) is 5.21. The van der Waals surface area contributed by atoms with E-state index in [1.807, 2.05) is 0 Å². The lowest BCUT2D eigenvalue weighted by molar-refractivity contribution is -0.0478. The molecule has 0 spiro atoms. The number of nitrogens with zero attached hydrogens (tertiary/aromatic N) is 10. The van der Waals surface area contributed by atoms with Crippen molar-refractivity contribution >= 4 is 41.7 Å². The first-order valence-electron chi connectivity index (χ1n) is 12.5. The molecular formula is C20H24N13O9P. The largest absolute Gasteiger partial charge is 0.394 e. The molecule has 6 heterocycles. The highest BCUT2D eigenvalue weighted by Gasteiger charge is 2.56. The van der Waals surface area contributed by atoms with Gasteiger partial charge in [0.15, 0.2) is 35.1 Å². The Morgan fingerprint density at radius 1 is 1.07 bits per heavy atom. The van der Waals surface area contributed by atoms with Crippen molar-refractivity contribution in [2.24, 2.45) is 5.11 Å². The molecule has 6 rings (SSSR count). The number of imidazole rings is 2. The number of azide groups is 1. The van der Waals surface area contributed by atoms with Gasteiger partial charge in [0.25, 0.3) is 5.56 Å². The summed E-state index contributed by atoms with van der Waals surface area (Å²) in [6.45, 7) is -1.44. The number of H-pyrrole nitrogens is 1. The molecule has 9 atom stereocenters. The highest BCUT2D eigenvalue weighted by atomic mass is 31.2. The van der Waals surface area contributed by atoms with Crippen LogP contribution < -0.4 is 17.0 Å². The summed E-state index contributed by atoms with van der Waals surface area (Å²) in [6, 6.07) is -1.30. The van der Waals surface area contributed by atoms with Crippen LogP contribution in [0.2, 0.25) is 0 Å². The summed E-state index contributed by atoms with van der Waals surface area (Å²) in [4.78, 5) is 48.4. The number of hydrogen-bond donors (Lipinski definition) is 7. The van der Waals surface area contributed by atoms with Crippen LogP contribution in [0.15, 0.2) is 28.9 Å². The number of rotatable bonds is 8. The summed E-state index contributed by atoms with van der Waals surface area (Å²) in [6.07, 6.45) is -4.97. The van der Waals surface area contributed by atoms with Crippen molar-refractivity contribution < 1.29 is 38.8 Å². The molecule has 23 heteroatoms. The molecule has 0 bridgehead atoms. The van der Waals surface area contributed by atoms with Crippen molar-refractivity contribution in [3.8, 4) is 0 Å². The summed E-state index contributed by atoms with van der Waals surface area (Å²) in [5.74, 6) is -0.197. The smallest absolute Gasteiger partial charge is 0.338 e. The van der Waals surface area contributed by atoms with Gasteiger partial charge in [0, 0.05) is 4.91 Å². The average molecular weight is 621 g/mol. The topological polar surface area (TPSA) is 334 Å². The Labute approximate surface area is 238 Å². The maximum Gasteiger partial charge on any atom is 0.338 e. The lowest BCUT2D eigenvalue weighted by atomic mass is 10.1. The zero-order valence-electron chi connectivity index (χ0n) is 21.7. The molecular weight excluding hydrogens is 597 g/mol. The van der Waals surface area contributed by atoms with E-state index in [1.165, 1.54) is 17.2 Å². The second-order valence-corrected chi connectivity index (χ2v) is 11.7. The maximum absolute atomic E-state index is 13.7. The van der Waals surface area contributed by atoms with Crippen molar-refractivity contribution in [1.29, 1.82) is 0 Å². The second-order valence-electron chi connectivity index (χ2n) is 9.70. The Balaban J connectivity index is 1.28. The molecule has 2 saturated heterocycles. The number of nitrogen functional groups attached to an aromatic ring is 2. The van der Waals surface area contributed by atoms with E-state index in [1.54, 1.807) is 0 Å². The van der Waals surface area contributed by atoms with E-state index in [4.69, 9.17) is 31.0 Å². The van der Waals surface area contributed by atoms with E-state index < -0.39 is 74.9 Å². The summed E-state index contributed by atoms with van der Waals surface area (Å²) in [5.41, 5.74) is 18.3. The third kappa shape index (κ3) is 4.76. The van der Waals surface area contributed by atoms with Gasteiger partial charge in [-0.05, 0) is 5.53 Å². The van der Waals surface area contributed by atoms with E-state index in [-0.39, 0.29) is 34.1 Å². The third-order valence-corrected chi connectivity index (χ3v) is 9.06. The lowest BCUT2D eigenvalue weighted by Crippen LogP contribution is -2.36. The molecule has 2 fully saturated rings. The first kappa shape index (κ1) is 28.9. The van der Waals surface area contributed by atoms with Gasteiger partial charge in [-0.1, -0.05) is 5.11 Å². The quantitative estimate of drug-likeness (QED) is 0.0478. The standard InChI is InChI=1S/C20H24N13O9P/c21-14-9-15(25-3-24-14)32(4-26-9)18-12(36)8(30-31-23)7(42-18)2-40-43(38,39)13-11(35)6(1-34)41-19(13)33-5-27-10-16(33)28-20(22)29-17(10)37/h3-8,11-13,18-19,34-36H,1-2H2,(H,38,39)(H2,21,24,25)(H3,22,28,29,37)/t6-,7-,8?,11-,12-,13-,18-,19-/m1/s1. The average Bonchev–Trinajstić information content (AvgIpc) is 3.72. The van der Waals surface area contributed by atoms with Crippen LogP contribution in [0.3, 0.4) is 0 Å². The minimum absolute atomic E-state index is 0.0742. The fraction of sp³-hybridized carbons (Fsp3) is 0.500. The van der Waals surface area contributed by atoms with Gasteiger partial charge >= 0.3 is 7.60 Å². The van der Waals surface area contributed by atoms with Crippen LogP contribution in [-0.2, 0) is 18.6 Å². The highest BCUT2D eigenvalue weighted by Crippen LogP contribution is 2.57. The van der Waals surface area contributed by atoms with E-state index in [0.29, 0.717) is 0 Å². The Bertz CT molecular complexity index is 1840. The molecule has 0 radical (unpaired) electrons. The number of ether oxygens (including phenoxy) is 2. The van der Waals surface area contributed by atoms with Crippen LogP contribution >= 0.6 is 7.60 Å². The molecule has 4 aromatic rings. The van der Waals surface area contributed by atoms with E-state index in [9.17, 15) is 29.6 Å². The van der Waals surface area contributed by atoms with Gasteiger partial charge in [-0.25, -0.2) is 19.9 Å². The van der Waals surface area contributed by atoms with E-state index >= 15 is 0 Å². The minimum atomic E-state index is -4.92. The van der Waals surface area contributed by atoms with Gasteiger partial charge in [-0.2, -0.15) is 4.98 Å². The number of aliphatic hydroxyl groups excluding tert-OH is 3. The predicted octanol–water partition coefficient (Wildman–Crippen LogP) is -2.12. The summed E-state index contributed by atoms with van der Waals surface area (Å²) < 4.78 is 33.1. The molecule has 0 amide bonds. The van der Waals surface area contributed by atoms with Gasteiger partial charge in [-0.15, -0.1) is 0 Å². The second kappa shape index (κ2) is 10.8. The SMILES string of the molecule is [N-]=[N+]=NC1[C@@H](O)[C@H](n2cnc3c(N)ncnc32)O[C@@H]1COP(=O)(O)[C@@H]1[C@H](O)[C@@H](CO)O[C@H]1n1cnc2c(=O)[nH]c(N)nc21. The van der Waals surface area contributed by atoms with Gasteiger partial charge in [-0.3, -0.25) is 23.5 Å². The first-order valence-corrected chi connectivity index (χ1v) is 14.1. The lowest BCUT2D eigenvalue weighted by Gasteiger charge is -2.27. The van der Waals surface area contributed by atoms with Gasteiger partial charge in [0.1, 0.15) is 35.8 Å². The zero-order valence-corrected chi connectivity index (χ0v) is 22.6.